The summed E-state index contributed by atoms with van der Waals surface area (Å²) in [6, 6.07) is 13.6. The molecule has 2 aliphatic carbocycles. The molecule has 2 fully saturated rings. The minimum atomic E-state index is -0.629. The normalized spacial score (nSPS) is 24.9. The lowest BCUT2D eigenvalue weighted by Gasteiger charge is -2.50. The first-order valence-corrected chi connectivity index (χ1v) is 15.0. The second-order valence-electron chi connectivity index (χ2n) is 13.1. The SMILES string of the molecule is CC(C)(C)C1CCC2(CC1)N=C(c1ccc(F)cc1)C(=O)N2C(c1ccc(C(=O)NCC2=NNNN2)cc1)C1CCC1. The van der Waals surface area contributed by atoms with Crippen LogP contribution < -0.4 is 21.8 Å². The van der Waals surface area contributed by atoms with E-state index in [9.17, 15) is 14.0 Å². The molecule has 0 radical (unpaired) electrons. The predicted molar refractivity (Wildman–Crippen MR) is 160 cm³/mol. The van der Waals surface area contributed by atoms with E-state index < -0.39 is 5.66 Å². The van der Waals surface area contributed by atoms with Crippen LogP contribution in [0.25, 0.3) is 0 Å². The fraction of sp³-hybridized carbons (Fsp3) is 0.500. The second kappa shape index (κ2) is 11.1. The average molecular weight is 574 g/mol. The van der Waals surface area contributed by atoms with Gasteiger partial charge in [-0.3, -0.25) is 20.0 Å². The molecule has 6 rings (SSSR count). The smallest absolute Gasteiger partial charge is 0.275 e. The highest BCUT2D eigenvalue weighted by atomic mass is 19.1. The number of hydrogen-bond donors (Lipinski definition) is 4. The number of amidine groups is 1. The summed E-state index contributed by atoms with van der Waals surface area (Å²) in [5, 5.41) is 6.85. The van der Waals surface area contributed by atoms with E-state index in [1.54, 1.807) is 12.1 Å². The Morgan fingerprint density at radius 3 is 2.33 bits per heavy atom. The first kappa shape index (κ1) is 28.3. The molecule has 2 saturated carbocycles. The van der Waals surface area contributed by atoms with E-state index in [2.05, 4.69) is 52.6 Å². The Morgan fingerprint density at radius 1 is 1.07 bits per heavy atom. The molecule has 2 aromatic rings. The molecule has 2 heterocycles. The van der Waals surface area contributed by atoms with Crippen molar-refractivity contribution in [3.63, 3.8) is 0 Å². The molecule has 0 saturated heterocycles. The number of hydrazone groups is 1. The number of amides is 2. The van der Waals surface area contributed by atoms with Gasteiger partial charge in [0.15, 0.2) is 5.84 Å². The zero-order chi connectivity index (χ0) is 29.5. The topological polar surface area (TPSA) is 110 Å². The summed E-state index contributed by atoms with van der Waals surface area (Å²) in [4.78, 5) is 34.5. The maximum atomic E-state index is 14.4. The molecule has 10 heteroatoms. The Labute approximate surface area is 246 Å². The van der Waals surface area contributed by atoms with Gasteiger partial charge in [0.25, 0.3) is 11.8 Å². The number of benzene rings is 2. The van der Waals surface area contributed by atoms with Gasteiger partial charge in [-0.2, -0.15) is 0 Å². The lowest BCUT2D eigenvalue weighted by molar-refractivity contribution is -0.136. The van der Waals surface area contributed by atoms with Gasteiger partial charge < -0.3 is 10.2 Å². The quantitative estimate of drug-likeness (QED) is 0.388. The molecule has 0 bridgehead atoms. The van der Waals surface area contributed by atoms with E-state index in [0.717, 1.165) is 50.5 Å². The monoisotopic (exact) mass is 573 g/mol. The Morgan fingerprint density at radius 2 is 1.76 bits per heavy atom. The number of carbonyl (C=O) groups is 2. The molecule has 2 aromatic carbocycles. The van der Waals surface area contributed by atoms with Crippen LogP contribution in [0, 0.1) is 23.1 Å². The van der Waals surface area contributed by atoms with E-state index in [-0.39, 0.29) is 35.6 Å². The van der Waals surface area contributed by atoms with Crippen LogP contribution in [0.2, 0.25) is 0 Å². The van der Waals surface area contributed by atoms with E-state index in [0.29, 0.717) is 34.5 Å². The molecule has 2 amide bonds. The summed E-state index contributed by atoms with van der Waals surface area (Å²) >= 11 is 0. The molecular formula is C32H40FN7O2. The molecule has 222 valence electrons. The molecule has 42 heavy (non-hydrogen) atoms. The fourth-order valence-electron chi connectivity index (χ4n) is 6.89. The van der Waals surface area contributed by atoms with Crippen LogP contribution in [-0.4, -0.2) is 40.5 Å². The summed E-state index contributed by atoms with van der Waals surface area (Å²) in [5.74, 6) is 0.846. The van der Waals surface area contributed by atoms with Crippen LogP contribution in [0.1, 0.15) is 93.2 Å². The van der Waals surface area contributed by atoms with E-state index in [4.69, 9.17) is 4.99 Å². The zero-order valence-corrected chi connectivity index (χ0v) is 24.5. The molecule has 2 aliphatic heterocycles. The van der Waals surface area contributed by atoms with E-state index in [1.165, 1.54) is 12.1 Å². The van der Waals surface area contributed by atoms with Crippen molar-refractivity contribution < 1.29 is 14.0 Å². The summed E-state index contributed by atoms with van der Waals surface area (Å²) in [6.45, 7) is 7.14. The first-order chi connectivity index (χ1) is 20.1. The number of carbonyl (C=O) groups excluding carboxylic acids is 2. The fourth-order valence-corrected chi connectivity index (χ4v) is 6.89. The zero-order valence-electron chi connectivity index (χ0n) is 24.5. The standard InChI is InChI=1S/C32H40FN7O2/c1-31(2,3)24-15-17-32(18-16-24)35-27(20-11-13-25(33)14-12-20)30(42)40(32)28(21-5-4-6-21)22-7-9-23(10-8-22)29(41)34-19-26-36-38-39-37-26/h7-14,21,24,28,38-39H,4-6,15-19H2,1-3H3,(H,34,41)(H,36,37). The number of hydrogen-bond acceptors (Lipinski definition) is 7. The number of aliphatic imine (C=N–C) groups is 1. The maximum absolute atomic E-state index is 14.4. The molecule has 9 nitrogen and oxygen atoms in total. The Bertz CT molecular complexity index is 1390. The average Bonchev–Trinajstić information content (AvgIpc) is 3.56. The molecule has 0 aromatic heterocycles. The van der Waals surface area contributed by atoms with Gasteiger partial charge in [-0.25, -0.2) is 9.93 Å². The van der Waals surface area contributed by atoms with Crippen molar-refractivity contribution in [3.05, 3.63) is 71.0 Å². The maximum Gasteiger partial charge on any atom is 0.275 e. The van der Waals surface area contributed by atoms with E-state index >= 15 is 0 Å². The number of nitrogens with zero attached hydrogens (tertiary/aromatic N) is 3. The lowest BCUT2D eigenvalue weighted by Crippen LogP contribution is -2.53. The number of hydrazine groups is 2. The summed E-state index contributed by atoms with van der Waals surface area (Å²) in [5.41, 5.74) is 10.2. The highest BCUT2D eigenvalue weighted by Crippen LogP contribution is 2.52. The van der Waals surface area contributed by atoms with Gasteiger partial charge in [0.05, 0.1) is 12.6 Å². The van der Waals surface area contributed by atoms with Crippen molar-refractivity contribution in [3.8, 4) is 0 Å². The second-order valence-corrected chi connectivity index (χ2v) is 13.1. The summed E-state index contributed by atoms with van der Waals surface area (Å²) < 4.78 is 13.8. The van der Waals surface area contributed by atoms with Gasteiger partial charge in [-0.1, -0.05) is 39.3 Å². The van der Waals surface area contributed by atoms with Gasteiger partial charge >= 0.3 is 0 Å². The van der Waals surface area contributed by atoms with Gasteiger partial charge in [0.2, 0.25) is 0 Å². The lowest BCUT2D eigenvalue weighted by atomic mass is 9.68. The summed E-state index contributed by atoms with van der Waals surface area (Å²) in [7, 11) is 0. The van der Waals surface area contributed by atoms with Crippen molar-refractivity contribution in [2.75, 3.05) is 6.54 Å². The van der Waals surface area contributed by atoms with Crippen molar-refractivity contribution in [2.24, 2.45) is 27.3 Å². The highest BCUT2D eigenvalue weighted by Gasteiger charge is 2.54. The summed E-state index contributed by atoms with van der Waals surface area (Å²) in [6.07, 6.45) is 6.81. The van der Waals surface area contributed by atoms with Crippen LogP contribution in [0.5, 0.6) is 0 Å². The van der Waals surface area contributed by atoms with Crippen LogP contribution in [-0.2, 0) is 4.79 Å². The molecule has 1 atom stereocenters. The Hall–Kier alpha value is -3.79. The Kier molecular flexibility index (Phi) is 7.51. The van der Waals surface area contributed by atoms with Crippen LogP contribution in [0.3, 0.4) is 0 Å². The number of halogens is 1. The molecule has 1 spiro atoms. The predicted octanol–water partition coefficient (Wildman–Crippen LogP) is 4.59. The van der Waals surface area contributed by atoms with Gasteiger partial charge in [0.1, 0.15) is 17.2 Å². The minimum Gasteiger partial charge on any atom is -0.345 e. The molecular weight excluding hydrogens is 533 g/mol. The highest BCUT2D eigenvalue weighted by molar-refractivity contribution is 6.46. The third-order valence-electron chi connectivity index (χ3n) is 9.58. The van der Waals surface area contributed by atoms with Crippen molar-refractivity contribution in [2.45, 2.75) is 77.4 Å². The Balaban J connectivity index is 1.31. The minimum absolute atomic E-state index is 0.0819. The van der Waals surface area contributed by atoms with Crippen LogP contribution in [0.15, 0.2) is 58.6 Å². The van der Waals surface area contributed by atoms with E-state index in [1.807, 2.05) is 24.3 Å². The third-order valence-corrected chi connectivity index (χ3v) is 9.58. The van der Waals surface area contributed by atoms with Gasteiger partial charge in [0, 0.05) is 11.1 Å². The third kappa shape index (κ3) is 5.40. The van der Waals surface area contributed by atoms with Crippen molar-refractivity contribution in [1.29, 1.82) is 0 Å². The first-order valence-electron chi connectivity index (χ1n) is 15.0. The largest absolute Gasteiger partial charge is 0.345 e. The molecule has 4 aliphatic rings. The van der Waals surface area contributed by atoms with Gasteiger partial charge in [-0.15, -0.1) is 10.6 Å². The number of nitrogens with one attached hydrogen (secondary N) is 4. The van der Waals surface area contributed by atoms with Crippen molar-refractivity contribution in [1.82, 2.24) is 26.7 Å². The van der Waals surface area contributed by atoms with Crippen LogP contribution >= 0.6 is 0 Å². The van der Waals surface area contributed by atoms with Crippen LogP contribution in [0.4, 0.5) is 4.39 Å². The number of rotatable bonds is 7. The molecule has 4 N–H and O–H groups in total. The van der Waals surface area contributed by atoms with Gasteiger partial charge in [-0.05, 0) is 97.7 Å². The van der Waals surface area contributed by atoms with Crippen molar-refractivity contribution >= 4 is 23.4 Å². The molecule has 1 unspecified atom stereocenters.